The van der Waals surface area contributed by atoms with Gasteiger partial charge >= 0.3 is 0 Å². The van der Waals surface area contributed by atoms with E-state index in [4.69, 9.17) is 21.7 Å². The third kappa shape index (κ3) is 3.46. The van der Waals surface area contributed by atoms with E-state index in [-0.39, 0.29) is 5.92 Å². The quantitative estimate of drug-likeness (QED) is 0.582. The van der Waals surface area contributed by atoms with Crippen molar-refractivity contribution in [3.05, 3.63) is 59.8 Å². The molecule has 26 heavy (non-hydrogen) atoms. The Bertz CT molecular complexity index is 907. The fourth-order valence-electron chi connectivity index (χ4n) is 3.24. The molecule has 0 saturated carbocycles. The maximum Gasteiger partial charge on any atom is 0.166 e. The summed E-state index contributed by atoms with van der Waals surface area (Å²) in [6.07, 6.45) is 2.05. The highest BCUT2D eigenvalue weighted by Crippen LogP contribution is 2.40. The zero-order valence-corrected chi connectivity index (χ0v) is 15.9. The number of hydrogen-bond donors (Lipinski definition) is 3. The van der Waals surface area contributed by atoms with E-state index in [0.29, 0.717) is 17.4 Å². The van der Waals surface area contributed by atoms with E-state index in [1.165, 1.54) is 10.9 Å². The molecule has 136 valence electrons. The molecule has 3 N–H and O–H groups in total. The molecule has 0 spiro atoms. The van der Waals surface area contributed by atoms with Crippen molar-refractivity contribution in [1.82, 2.24) is 15.6 Å². The highest BCUT2D eigenvalue weighted by atomic mass is 32.1. The van der Waals surface area contributed by atoms with Crippen LogP contribution >= 0.6 is 12.2 Å². The van der Waals surface area contributed by atoms with Crippen LogP contribution in [0.25, 0.3) is 10.9 Å². The van der Waals surface area contributed by atoms with Crippen LogP contribution in [0.3, 0.4) is 0 Å². The lowest BCUT2D eigenvalue weighted by Crippen LogP contribution is -2.35. The van der Waals surface area contributed by atoms with Crippen LogP contribution in [0.15, 0.2) is 48.7 Å². The molecule has 5 nitrogen and oxygen atoms in total. The Hall–Kier alpha value is -2.73. The number of nitrogens with one attached hydrogen (secondary N) is 3. The first-order valence-electron chi connectivity index (χ1n) is 8.42. The standard InChI is InChI=1S/C20H23N3O2S/c1-21-20(26)23-12-16(14-8-6-10-18(24-2)19(14)25-3)15-11-22-17-9-5-4-7-13(15)17/h4-11,16,22H,12H2,1-3H3,(H2,21,23,26)/t16-/m0/s1. The zero-order valence-electron chi connectivity index (χ0n) is 15.1. The summed E-state index contributed by atoms with van der Waals surface area (Å²) in [6, 6.07) is 14.2. The third-order valence-corrected chi connectivity index (χ3v) is 4.85. The molecule has 0 radical (unpaired) electrons. The molecule has 0 fully saturated rings. The first-order valence-corrected chi connectivity index (χ1v) is 8.82. The number of H-pyrrole nitrogens is 1. The van der Waals surface area contributed by atoms with E-state index in [1.54, 1.807) is 14.2 Å². The first kappa shape index (κ1) is 18.1. The van der Waals surface area contributed by atoms with Crippen LogP contribution in [0.5, 0.6) is 11.5 Å². The van der Waals surface area contributed by atoms with Gasteiger partial charge in [0.15, 0.2) is 16.6 Å². The summed E-state index contributed by atoms with van der Waals surface area (Å²) in [5.74, 6) is 1.48. The van der Waals surface area contributed by atoms with Crippen molar-refractivity contribution >= 4 is 28.2 Å². The minimum Gasteiger partial charge on any atom is -0.493 e. The molecule has 0 amide bonds. The maximum absolute atomic E-state index is 5.68. The Morgan fingerprint density at radius 1 is 1.08 bits per heavy atom. The number of methoxy groups -OCH3 is 2. The van der Waals surface area contributed by atoms with Gasteiger partial charge in [-0.15, -0.1) is 0 Å². The van der Waals surface area contributed by atoms with Crippen LogP contribution < -0.4 is 20.1 Å². The van der Waals surface area contributed by atoms with Crippen molar-refractivity contribution in [3.63, 3.8) is 0 Å². The van der Waals surface area contributed by atoms with Crippen LogP contribution in [0.4, 0.5) is 0 Å². The summed E-state index contributed by atoms with van der Waals surface area (Å²) in [5.41, 5.74) is 3.33. The van der Waals surface area contributed by atoms with Gasteiger partial charge in [-0.25, -0.2) is 0 Å². The van der Waals surface area contributed by atoms with Gasteiger partial charge in [0.2, 0.25) is 0 Å². The smallest absolute Gasteiger partial charge is 0.166 e. The van der Waals surface area contributed by atoms with Gasteiger partial charge in [0, 0.05) is 42.2 Å². The van der Waals surface area contributed by atoms with Crippen molar-refractivity contribution in [2.24, 2.45) is 0 Å². The van der Waals surface area contributed by atoms with Crippen LogP contribution in [-0.2, 0) is 0 Å². The minimum absolute atomic E-state index is 0.0301. The van der Waals surface area contributed by atoms with E-state index in [2.05, 4.69) is 40.0 Å². The summed E-state index contributed by atoms with van der Waals surface area (Å²) in [7, 11) is 5.12. The summed E-state index contributed by atoms with van der Waals surface area (Å²) in [4.78, 5) is 3.36. The van der Waals surface area contributed by atoms with Gasteiger partial charge < -0.3 is 25.1 Å². The molecule has 1 aromatic heterocycles. The van der Waals surface area contributed by atoms with Crippen LogP contribution in [0.1, 0.15) is 17.0 Å². The van der Waals surface area contributed by atoms with E-state index < -0.39 is 0 Å². The number of para-hydroxylation sites is 2. The summed E-state index contributed by atoms with van der Waals surface area (Å²) < 4.78 is 11.2. The summed E-state index contributed by atoms with van der Waals surface area (Å²) in [5, 5.41) is 8.03. The number of thiocarbonyl (C=S) groups is 1. The Kier molecular flexibility index (Phi) is 5.63. The highest BCUT2D eigenvalue weighted by molar-refractivity contribution is 7.80. The predicted octanol–water partition coefficient (Wildman–Crippen LogP) is 3.41. The topological polar surface area (TPSA) is 58.3 Å². The monoisotopic (exact) mass is 369 g/mol. The molecule has 3 aromatic rings. The lowest BCUT2D eigenvalue weighted by molar-refractivity contribution is 0.350. The van der Waals surface area contributed by atoms with E-state index in [1.807, 2.05) is 31.3 Å². The number of aromatic nitrogens is 1. The summed E-state index contributed by atoms with van der Waals surface area (Å²) >= 11 is 5.27. The van der Waals surface area contributed by atoms with Gasteiger partial charge in [-0.2, -0.15) is 0 Å². The molecular formula is C20H23N3O2S. The molecule has 6 heteroatoms. The Balaban J connectivity index is 2.11. The number of fused-ring (bicyclic) bond motifs is 1. The van der Waals surface area contributed by atoms with Crippen LogP contribution in [0, 0.1) is 0 Å². The van der Waals surface area contributed by atoms with Crippen molar-refractivity contribution in [2.75, 3.05) is 27.8 Å². The molecule has 2 aromatic carbocycles. The Morgan fingerprint density at radius 2 is 1.88 bits per heavy atom. The van der Waals surface area contributed by atoms with Crippen LogP contribution in [-0.4, -0.2) is 37.9 Å². The third-order valence-electron chi connectivity index (χ3n) is 4.50. The second-order valence-corrected chi connectivity index (χ2v) is 6.29. The SMILES string of the molecule is CNC(=S)NC[C@@H](c1cccc(OC)c1OC)c1c[nH]c2ccccc12. The first-order chi connectivity index (χ1) is 12.7. The highest BCUT2D eigenvalue weighted by Gasteiger charge is 2.23. The van der Waals surface area contributed by atoms with E-state index >= 15 is 0 Å². The van der Waals surface area contributed by atoms with Crippen molar-refractivity contribution < 1.29 is 9.47 Å². The lowest BCUT2D eigenvalue weighted by Gasteiger charge is -2.22. The average molecular weight is 369 g/mol. The molecule has 0 aliphatic rings. The van der Waals surface area contributed by atoms with Crippen molar-refractivity contribution in [2.45, 2.75) is 5.92 Å². The fourth-order valence-corrected chi connectivity index (χ4v) is 3.32. The second-order valence-electron chi connectivity index (χ2n) is 5.88. The molecule has 3 rings (SSSR count). The molecule has 0 aliphatic heterocycles. The molecule has 1 atom stereocenters. The second kappa shape index (κ2) is 8.10. The molecule has 0 unspecified atom stereocenters. The van der Waals surface area contributed by atoms with Crippen molar-refractivity contribution in [3.8, 4) is 11.5 Å². The number of rotatable bonds is 6. The molecule has 0 saturated heterocycles. The van der Waals surface area contributed by atoms with Gasteiger partial charge in [-0.3, -0.25) is 0 Å². The maximum atomic E-state index is 5.68. The molecular weight excluding hydrogens is 346 g/mol. The fraction of sp³-hybridized carbons (Fsp3) is 0.250. The largest absolute Gasteiger partial charge is 0.493 e. The lowest BCUT2D eigenvalue weighted by atomic mass is 9.90. The van der Waals surface area contributed by atoms with E-state index in [0.717, 1.165) is 16.8 Å². The molecule has 1 heterocycles. The summed E-state index contributed by atoms with van der Waals surface area (Å²) in [6.45, 7) is 0.630. The van der Waals surface area contributed by atoms with Gasteiger partial charge in [0.1, 0.15) is 0 Å². The minimum atomic E-state index is 0.0301. The zero-order chi connectivity index (χ0) is 18.5. The Labute approximate surface area is 158 Å². The van der Waals surface area contributed by atoms with Crippen molar-refractivity contribution in [1.29, 1.82) is 0 Å². The number of aromatic amines is 1. The van der Waals surface area contributed by atoms with Gasteiger partial charge in [0.05, 0.1) is 14.2 Å². The van der Waals surface area contributed by atoms with Crippen LogP contribution in [0.2, 0.25) is 0 Å². The number of ether oxygens (including phenoxy) is 2. The average Bonchev–Trinajstić information content (AvgIpc) is 3.11. The van der Waals surface area contributed by atoms with Gasteiger partial charge in [-0.05, 0) is 29.9 Å². The van der Waals surface area contributed by atoms with E-state index in [9.17, 15) is 0 Å². The predicted molar refractivity (Wildman–Crippen MR) is 109 cm³/mol. The molecule has 0 aliphatic carbocycles. The molecule has 0 bridgehead atoms. The van der Waals surface area contributed by atoms with Gasteiger partial charge in [0.25, 0.3) is 0 Å². The number of hydrogen-bond acceptors (Lipinski definition) is 3. The normalized spacial score (nSPS) is 11.8. The number of benzene rings is 2. The van der Waals surface area contributed by atoms with Gasteiger partial charge in [-0.1, -0.05) is 30.3 Å². The Morgan fingerprint density at radius 3 is 2.62 bits per heavy atom.